The maximum absolute atomic E-state index is 11.7. The molecule has 0 aliphatic heterocycles. The third-order valence-electron chi connectivity index (χ3n) is 3.23. The summed E-state index contributed by atoms with van der Waals surface area (Å²) < 4.78 is 4.85. The lowest BCUT2D eigenvalue weighted by Gasteiger charge is -2.02. The van der Waals surface area contributed by atoms with Crippen molar-refractivity contribution in [2.24, 2.45) is 0 Å². The van der Waals surface area contributed by atoms with Gasteiger partial charge in [0.2, 0.25) is 0 Å². The zero-order valence-electron chi connectivity index (χ0n) is 12.7. The quantitative estimate of drug-likeness (QED) is 0.770. The van der Waals surface area contributed by atoms with Crippen LogP contribution in [0.25, 0.3) is 21.7 Å². The first-order valence-corrected chi connectivity index (χ1v) is 8.00. The van der Waals surface area contributed by atoms with Crippen molar-refractivity contribution in [1.29, 1.82) is 0 Å². The number of nitrogens with zero attached hydrogens (tertiary/aromatic N) is 1. The van der Waals surface area contributed by atoms with Crippen LogP contribution in [0.5, 0.6) is 0 Å². The Hall–Kier alpha value is -2.50. The highest BCUT2D eigenvalue weighted by Gasteiger charge is 2.16. The lowest BCUT2D eigenvalue weighted by atomic mass is 10.1. The second kappa shape index (κ2) is 7.17. The van der Waals surface area contributed by atoms with E-state index in [9.17, 15) is 4.79 Å². The molecular formula is C18H16N2O2S. The van der Waals surface area contributed by atoms with E-state index in [0.29, 0.717) is 5.13 Å². The molecule has 0 saturated carbocycles. The van der Waals surface area contributed by atoms with Crippen molar-refractivity contribution in [1.82, 2.24) is 4.98 Å². The van der Waals surface area contributed by atoms with E-state index in [0.717, 1.165) is 21.7 Å². The van der Waals surface area contributed by atoms with Gasteiger partial charge in [0.25, 0.3) is 5.91 Å². The van der Waals surface area contributed by atoms with Crippen LogP contribution in [0.1, 0.15) is 0 Å². The zero-order valence-corrected chi connectivity index (χ0v) is 13.5. The van der Waals surface area contributed by atoms with Crippen molar-refractivity contribution in [2.75, 3.05) is 19.0 Å². The highest BCUT2D eigenvalue weighted by Crippen LogP contribution is 2.38. The third-order valence-corrected chi connectivity index (χ3v) is 4.25. The summed E-state index contributed by atoms with van der Waals surface area (Å²) in [6.45, 7) is 0.0148. The van der Waals surface area contributed by atoms with Gasteiger partial charge in [-0.2, -0.15) is 0 Å². The standard InChI is InChI=1S/C18H16N2O2S/c1-22-12-15(21)19-18-20-16(13-8-4-2-5-9-13)17(23-18)14-10-6-3-7-11-14/h2-11H,12H2,1H3,(H,19,20,21). The molecule has 0 unspecified atom stereocenters. The Morgan fingerprint density at radius 1 is 1.04 bits per heavy atom. The molecule has 1 amide bonds. The summed E-state index contributed by atoms with van der Waals surface area (Å²) >= 11 is 1.46. The molecule has 0 aliphatic carbocycles. The number of carbonyl (C=O) groups is 1. The maximum Gasteiger partial charge on any atom is 0.252 e. The van der Waals surface area contributed by atoms with Crippen LogP contribution in [-0.4, -0.2) is 24.6 Å². The van der Waals surface area contributed by atoms with E-state index < -0.39 is 0 Å². The molecule has 4 nitrogen and oxygen atoms in total. The minimum atomic E-state index is -0.208. The largest absolute Gasteiger partial charge is 0.375 e. The van der Waals surface area contributed by atoms with Crippen LogP contribution in [-0.2, 0) is 9.53 Å². The smallest absolute Gasteiger partial charge is 0.252 e. The van der Waals surface area contributed by atoms with Crippen molar-refractivity contribution >= 4 is 22.4 Å². The lowest BCUT2D eigenvalue weighted by molar-refractivity contribution is -0.119. The van der Waals surface area contributed by atoms with Gasteiger partial charge in [0, 0.05) is 12.7 Å². The monoisotopic (exact) mass is 324 g/mol. The molecule has 0 spiro atoms. The Balaban J connectivity index is 2.02. The molecule has 0 radical (unpaired) electrons. The van der Waals surface area contributed by atoms with Gasteiger partial charge in [-0.15, -0.1) is 0 Å². The van der Waals surface area contributed by atoms with Crippen LogP contribution < -0.4 is 5.32 Å². The molecule has 1 N–H and O–H groups in total. The van der Waals surface area contributed by atoms with Crippen LogP contribution in [0, 0.1) is 0 Å². The normalized spacial score (nSPS) is 10.5. The number of rotatable bonds is 5. The molecule has 1 heterocycles. The number of benzene rings is 2. The molecule has 0 fully saturated rings. The molecule has 3 rings (SSSR count). The Morgan fingerprint density at radius 2 is 1.65 bits per heavy atom. The highest BCUT2D eigenvalue weighted by atomic mass is 32.1. The molecule has 0 saturated heterocycles. The first-order chi connectivity index (χ1) is 11.3. The Morgan fingerprint density at radius 3 is 2.26 bits per heavy atom. The van der Waals surface area contributed by atoms with Crippen molar-refractivity contribution in [3.63, 3.8) is 0 Å². The summed E-state index contributed by atoms with van der Waals surface area (Å²) in [6, 6.07) is 20.0. The lowest BCUT2D eigenvalue weighted by Crippen LogP contribution is -2.16. The highest BCUT2D eigenvalue weighted by molar-refractivity contribution is 7.19. The summed E-state index contributed by atoms with van der Waals surface area (Å²) in [7, 11) is 1.49. The molecule has 3 aromatic rings. The van der Waals surface area contributed by atoms with E-state index in [1.54, 1.807) is 0 Å². The van der Waals surface area contributed by atoms with E-state index >= 15 is 0 Å². The SMILES string of the molecule is COCC(=O)Nc1nc(-c2ccccc2)c(-c2ccccc2)s1. The fraction of sp³-hybridized carbons (Fsp3) is 0.111. The number of ether oxygens (including phenoxy) is 1. The number of methoxy groups -OCH3 is 1. The first-order valence-electron chi connectivity index (χ1n) is 7.18. The Kier molecular flexibility index (Phi) is 4.80. The molecule has 1 aromatic heterocycles. The average molecular weight is 324 g/mol. The second-order valence-corrected chi connectivity index (χ2v) is 5.91. The summed E-state index contributed by atoms with van der Waals surface area (Å²) in [5.41, 5.74) is 2.97. The zero-order chi connectivity index (χ0) is 16.1. The molecular weight excluding hydrogens is 308 g/mol. The van der Waals surface area contributed by atoms with Crippen LogP contribution in [0.15, 0.2) is 60.7 Å². The van der Waals surface area contributed by atoms with Crippen molar-refractivity contribution < 1.29 is 9.53 Å². The van der Waals surface area contributed by atoms with Gasteiger partial charge in [-0.1, -0.05) is 72.0 Å². The molecule has 2 aromatic carbocycles. The van der Waals surface area contributed by atoms with Gasteiger partial charge in [0.15, 0.2) is 5.13 Å². The van der Waals surface area contributed by atoms with Gasteiger partial charge in [-0.3, -0.25) is 10.1 Å². The number of carbonyl (C=O) groups excluding carboxylic acids is 1. The predicted molar refractivity (Wildman–Crippen MR) is 93.5 cm³/mol. The van der Waals surface area contributed by atoms with E-state index in [2.05, 4.69) is 10.3 Å². The van der Waals surface area contributed by atoms with Crippen LogP contribution in [0.3, 0.4) is 0 Å². The van der Waals surface area contributed by atoms with E-state index in [1.165, 1.54) is 18.4 Å². The molecule has 0 aliphatic rings. The topological polar surface area (TPSA) is 51.2 Å². The van der Waals surface area contributed by atoms with Gasteiger partial charge < -0.3 is 4.74 Å². The van der Waals surface area contributed by atoms with Crippen molar-refractivity contribution in [3.8, 4) is 21.7 Å². The summed E-state index contributed by atoms with van der Waals surface area (Å²) in [4.78, 5) is 17.4. The average Bonchev–Trinajstić information content (AvgIpc) is 3.00. The number of amides is 1. The minimum absolute atomic E-state index is 0.0148. The summed E-state index contributed by atoms with van der Waals surface area (Å²) in [5.74, 6) is -0.208. The van der Waals surface area contributed by atoms with Gasteiger partial charge in [0.05, 0.1) is 10.6 Å². The summed E-state index contributed by atoms with van der Waals surface area (Å²) in [5, 5.41) is 3.36. The number of aromatic nitrogens is 1. The van der Waals surface area contributed by atoms with E-state index in [1.807, 2.05) is 60.7 Å². The van der Waals surface area contributed by atoms with Crippen LogP contribution in [0.2, 0.25) is 0 Å². The summed E-state index contributed by atoms with van der Waals surface area (Å²) in [6.07, 6.45) is 0. The van der Waals surface area contributed by atoms with E-state index in [4.69, 9.17) is 4.74 Å². The fourth-order valence-corrected chi connectivity index (χ4v) is 3.25. The van der Waals surface area contributed by atoms with E-state index in [-0.39, 0.29) is 12.5 Å². The maximum atomic E-state index is 11.7. The van der Waals surface area contributed by atoms with Gasteiger partial charge in [0.1, 0.15) is 6.61 Å². The molecule has 5 heteroatoms. The number of hydrogen-bond acceptors (Lipinski definition) is 4. The number of hydrogen-bond donors (Lipinski definition) is 1. The molecule has 0 bridgehead atoms. The molecule has 116 valence electrons. The second-order valence-electron chi connectivity index (χ2n) is 4.91. The van der Waals surface area contributed by atoms with Gasteiger partial charge in [-0.25, -0.2) is 4.98 Å². The predicted octanol–water partition coefficient (Wildman–Crippen LogP) is 4.06. The van der Waals surface area contributed by atoms with Crippen molar-refractivity contribution in [2.45, 2.75) is 0 Å². The fourth-order valence-electron chi connectivity index (χ4n) is 2.24. The van der Waals surface area contributed by atoms with Gasteiger partial charge >= 0.3 is 0 Å². The minimum Gasteiger partial charge on any atom is -0.375 e. The number of anilines is 1. The van der Waals surface area contributed by atoms with Crippen LogP contribution >= 0.6 is 11.3 Å². The first kappa shape index (κ1) is 15.4. The molecule has 0 atom stereocenters. The number of thiazole rings is 1. The Labute approximate surface area is 138 Å². The number of nitrogens with one attached hydrogen (secondary N) is 1. The molecule has 23 heavy (non-hydrogen) atoms. The Bertz CT molecular complexity index is 728. The third kappa shape index (κ3) is 3.64. The van der Waals surface area contributed by atoms with Gasteiger partial charge in [-0.05, 0) is 5.56 Å². The van der Waals surface area contributed by atoms with Crippen molar-refractivity contribution in [3.05, 3.63) is 60.7 Å². The van der Waals surface area contributed by atoms with Crippen LogP contribution in [0.4, 0.5) is 5.13 Å².